The number of carbonyl (C=O) groups excluding carboxylic acids is 1. The summed E-state index contributed by atoms with van der Waals surface area (Å²) < 4.78 is 47.3. The third-order valence-corrected chi connectivity index (χ3v) is 8.49. The zero-order valence-corrected chi connectivity index (χ0v) is 26.2. The highest BCUT2D eigenvalue weighted by Crippen LogP contribution is 2.45. The molecule has 1 aromatic heterocycles. The minimum Gasteiger partial charge on any atom is -0.497 e. The van der Waals surface area contributed by atoms with Gasteiger partial charge in [0.05, 0.1) is 30.4 Å². The number of aryl methyl sites for hydroxylation is 3. The Bertz CT molecular complexity index is 1950. The van der Waals surface area contributed by atoms with E-state index in [1.54, 1.807) is 79.6 Å². The first-order valence-electron chi connectivity index (χ1n) is 13.8. The Hall–Kier alpha value is -5.09. The van der Waals surface area contributed by atoms with E-state index in [4.69, 9.17) is 19.3 Å². The van der Waals surface area contributed by atoms with Crippen molar-refractivity contribution < 1.29 is 27.4 Å². The number of aromatic nitrogens is 2. The van der Waals surface area contributed by atoms with E-state index in [0.29, 0.717) is 39.6 Å². The molecule has 0 radical (unpaired) electrons. The summed E-state index contributed by atoms with van der Waals surface area (Å²) in [5, 5.41) is 4.98. The molecule has 5 rings (SSSR count). The molecule has 1 heterocycles. The Balaban J connectivity index is 1.70. The van der Waals surface area contributed by atoms with Gasteiger partial charge in [0.15, 0.2) is 0 Å². The molecule has 0 aliphatic carbocycles. The lowest BCUT2D eigenvalue weighted by atomic mass is 10.00. The fourth-order valence-corrected chi connectivity index (χ4v) is 5.88. The van der Waals surface area contributed by atoms with Crippen molar-refractivity contribution in [2.24, 2.45) is 0 Å². The van der Waals surface area contributed by atoms with Gasteiger partial charge in [-0.05, 0) is 79.9 Å². The SMILES string of the molecule is COc1ccc(-c2nn(-c3cc(C)ccc3C)c(OC(C)=O)c2-c2ccc(NS(=O)(=O)c3ccc(C)cc3)cc2)c(OC)c1. The van der Waals surface area contributed by atoms with Crippen LogP contribution in [0.3, 0.4) is 0 Å². The van der Waals surface area contributed by atoms with Gasteiger partial charge in [-0.15, -0.1) is 0 Å². The average molecular weight is 612 g/mol. The molecule has 0 aliphatic heterocycles. The summed E-state index contributed by atoms with van der Waals surface area (Å²) in [4.78, 5) is 12.6. The van der Waals surface area contributed by atoms with Gasteiger partial charge in [0.2, 0.25) is 5.88 Å². The Labute approximate surface area is 257 Å². The number of anilines is 1. The number of hydrogen-bond acceptors (Lipinski definition) is 7. The Morgan fingerprint density at radius 1 is 0.818 bits per heavy atom. The third kappa shape index (κ3) is 6.16. The van der Waals surface area contributed by atoms with Gasteiger partial charge < -0.3 is 14.2 Å². The summed E-state index contributed by atoms with van der Waals surface area (Å²) >= 11 is 0. The number of methoxy groups -OCH3 is 2. The quantitative estimate of drug-likeness (QED) is 0.181. The van der Waals surface area contributed by atoms with Gasteiger partial charge in [0, 0.05) is 24.2 Å². The molecule has 226 valence electrons. The molecule has 4 aromatic carbocycles. The van der Waals surface area contributed by atoms with Gasteiger partial charge in [-0.2, -0.15) is 9.78 Å². The summed E-state index contributed by atoms with van der Waals surface area (Å²) in [5.41, 5.74) is 6.30. The van der Waals surface area contributed by atoms with Gasteiger partial charge in [-0.25, -0.2) is 8.42 Å². The highest BCUT2D eigenvalue weighted by Gasteiger charge is 2.27. The van der Waals surface area contributed by atoms with E-state index in [1.165, 1.54) is 6.92 Å². The molecule has 0 unspecified atom stereocenters. The molecular weight excluding hydrogens is 578 g/mol. The van der Waals surface area contributed by atoms with Gasteiger partial charge >= 0.3 is 5.97 Å². The van der Waals surface area contributed by atoms with Crippen LogP contribution in [0.15, 0.2) is 89.8 Å². The predicted molar refractivity (Wildman–Crippen MR) is 170 cm³/mol. The number of esters is 1. The van der Waals surface area contributed by atoms with Gasteiger partial charge in [-0.3, -0.25) is 9.52 Å². The lowest BCUT2D eigenvalue weighted by Crippen LogP contribution is -2.12. The Morgan fingerprint density at radius 3 is 2.14 bits per heavy atom. The van der Waals surface area contributed by atoms with E-state index in [1.807, 2.05) is 45.0 Å². The molecule has 0 aliphatic rings. The smallest absolute Gasteiger partial charge is 0.309 e. The van der Waals surface area contributed by atoms with Gasteiger partial charge in [0.1, 0.15) is 17.2 Å². The number of rotatable bonds is 9. The molecule has 0 atom stereocenters. The standard InChI is InChI=1S/C34H33N3O6S/c1-21-8-16-28(17-9-21)44(39,40)36-26-13-11-25(12-14-26)32-33(29-18-15-27(41-5)20-31(29)42-6)35-37(34(32)43-24(4)38)30-19-22(2)7-10-23(30)3/h7-20,36H,1-6H3. The molecule has 0 spiro atoms. The van der Waals surface area contributed by atoms with Crippen LogP contribution < -0.4 is 18.9 Å². The summed E-state index contributed by atoms with van der Waals surface area (Å²) in [7, 11) is -0.674. The normalized spacial score (nSPS) is 11.2. The van der Waals surface area contributed by atoms with E-state index < -0.39 is 16.0 Å². The number of carbonyl (C=O) groups is 1. The fourth-order valence-electron chi connectivity index (χ4n) is 4.82. The molecule has 9 nitrogen and oxygen atoms in total. The third-order valence-electron chi connectivity index (χ3n) is 7.10. The van der Waals surface area contributed by atoms with Crippen molar-refractivity contribution in [3.05, 3.63) is 102 Å². The van der Waals surface area contributed by atoms with Crippen LogP contribution in [-0.2, 0) is 14.8 Å². The van der Waals surface area contributed by atoms with Crippen molar-refractivity contribution in [2.45, 2.75) is 32.6 Å². The van der Waals surface area contributed by atoms with E-state index in [9.17, 15) is 13.2 Å². The zero-order chi connectivity index (χ0) is 31.6. The lowest BCUT2D eigenvalue weighted by Gasteiger charge is -2.13. The number of nitrogens with one attached hydrogen (secondary N) is 1. The van der Waals surface area contributed by atoms with E-state index in [2.05, 4.69) is 4.72 Å². The van der Waals surface area contributed by atoms with Crippen molar-refractivity contribution >= 4 is 21.7 Å². The summed E-state index contributed by atoms with van der Waals surface area (Å²) in [6, 6.07) is 24.8. The second kappa shape index (κ2) is 12.3. The molecule has 1 N–H and O–H groups in total. The van der Waals surface area contributed by atoms with Crippen LogP contribution in [-0.4, -0.2) is 38.4 Å². The maximum absolute atomic E-state index is 13.0. The molecule has 10 heteroatoms. The monoisotopic (exact) mass is 611 g/mol. The average Bonchev–Trinajstić information content (AvgIpc) is 3.36. The van der Waals surface area contributed by atoms with Crippen LogP contribution in [0.4, 0.5) is 5.69 Å². The number of sulfonamides is 1. The second-order valence-corrected chi connectivity index (χ2v) is 12.1. The van der Waals surface area contributed by atoms with Crippen molar-refractivity contribution in [1.82, 2.24) is 9.78 Å². The van der Waals surface area contributed by atoms with Crippen molar-refractivity contribution in [1.29, 1.82) is 0 Å². The summed E-state index contributed by atoms with van der Waals surface area (Å²) in [5.74, 6) is 0.806. The van der Waals surface area contributed by atoms with Crippen molar-refractivity contribution in [3.63, 3.8) is 0 Å². The maximum Gasteiger partial charge on any atom is 0.309 e. The molecule has 0 fully saturated rings. The largest absolute Gasteiger partial charge is 0.497 e. The van der Waals surface area contributed by atoms with E-state index in [0.717, 1.165) is 22.4 Å². The maximum atomic E-state index is 13.0. The highest BCUT2D eigenvalue weighted by molar-refractivity contribution is 7.92. The first-order valence-corrected chi connectivity index (χ1v) is 15.3. The molecule has 0 bridgehead atoms. The van der Waals surface area contributed by atoms with Gasteiger partial charge in [0.25, 0.3) is 10.0 Å². The number of ether oxygens (including phenoxy) is 3. The summed E-state index contributed by atoms with van der Waals surface area (Å²) in [6.45, 7) is 7.16. The van der Waals surface area contributed by atoms with E-state index in [-0.39, 0.29) is 10.8 Å². The highest BCUT2D eigenvalue weighted by atomic mass is 32.2. The van der Waals surface area contributed by atoms with Crippen molar-refractivity contribution in [2.75, 3.05) is 18.9 Å². The van der Waals surface area contributed by atoms with Crippen LogP contribution in [0.5, 0.6) is 17.4 Å². The molecule has 0 saturated carbocycles. The van der Waals surface area contributed by atoms with Crippen LogP contribution >= 0.6 is 0 Å². The van der Waals surface area contributed by atoms with Crippen LogP contribution in [0.25, 0.3) is 28.1 Å². The van der Waals surface area contributed by atoms with E-state index >= 15 is 0 Å². The number of nitrogens with zero attached hydrogens (tertiary/aromatic N) is 2. The Kier molecular flexibility index (Phi) is 8.46. The predicted octanol–water partition coefficient (Wildman–Crippen LogP) is 6.87. The topological polar surface area (TPSA) is 109 Å². The van der Waals surface area contributed by atoms with Crippen molar-refractivity contribution in [3.8, 4) is 45.5 Å². The molecule has 5 aromatic rings. The zero-order valence-electron chi connectivity index (χ0n) is 25.3. The summed E-state index contributed by atoms with van der Waals surface area (Å²) in [6.07, 6.45) is 0. The fraction of sp³-hybridized carbons (Fsp3) is 0.176. The lowest BCUT2D eigenvalue weighted by molar-refractivity contribution is -0.132. The Morgan fingerprint density at radius 2 is 1.50 bits per heavy atom. The minimum atomic E-state index is -3.80. The number of benzene rings is 4. The second-order valence-electron chi connectivity index (χ2n) is 10.4. The molecule has 0 saturated heterocycles. The first kappa shape index (κ1) is 30.4. The van der Waals surface area contributed by atoms with Crippen LogP contribution in [0.1, 0.15) is 23.6 Å². The van der Waals surface area contributed by atoms with Crippen LogP contribution in [0, 0.1) is 20.8 Å². The molecule has 44 heavy (non-hydrogen) atoms. The molecule has 0 amide bonds. The van der Waals surface area contributed by atoms with Crippen LogP contribution in [0.2, 0.25) is 0 Å². The molecular formula is C34H33N3O6S. The minimum absolute atomic E-state index is 0.160. The van der Waals surface area contributed by atoms with Gasteiger partial charge in [-0.1, -0.05) is 42.0 Å². The number of hydrogen-bond donors (Lipinski definition) is 1. The first-order chi connectivity index (χ1) is 21.0.